The highest BCUT2D eigenvalue weighted by molar-refractivity contribution is 6.04. The first-order valence-electron chi connectivity index (χ1n) is 31.6. The predicted molar refractivity (Wildman–Crippen MR) is 302 cm³/mol. The van der Waals surface area contributed by atoms with Gasteiger partial charge in [-0.25, -0.2) is 0 Å². The Kier molecular flexibility index (Phi) is 37.3. The number of nitrogens with two attached hydrogens (primary N) is 2. The molecule has 3 heterocycles. The molecule has 12 N–H and O–H groups in total. The summed E-state index contributed by atoms with van der Waals surface area (Å²) in [6.45, 7) is 4.16. The van der Waals surface area contributed by atoms with Crippen molar-refractivity contribution < 1.29 is 78.9 Å². The van der Waals surface area contributed by atoms with E-state index in [1.807, 2.05) is 0 Å². The fourth-order valence-electron chi connectivity index (χ4n) is 11.6. The minimum absolute atomic E-state index is 0.158. The molecule has 3 aliphatic rings. The van der Waals surface area contributed by atoms with Gasteiger partial charge in [-0.1, -0.05) is 213 Å². The van der Waals surface area contributed by atoms with Crippen molar-refractivity contribution in [3.63, 3.8) is 0 Å². The Labute approximate surface area is 474 Å². The largest absolute Gasteiger partial charge is 0.394 e. The number of carbonyl (C=O) groups is 3. The van der Waals surface area contributed by atoms with Gasteiger partial charge in [0.25, 0.3) is 0 Å². The molecule has 79 heavy (non-hydrogen) atoms. The third kappa shape index (κ3) is 23.0. The van der Waals surface area contributed by atoms with Crippen LogP contribution in [-0.2, 0) is 38.1 Å². The average Bonchev–Trinajstić information content (AvgIpc) is 3.52. The van der Waals surface area contributed by atoms with Gasteiger partial charge >= 0.3 is 0 Å². The number of Topliss-reactive ketones (excluding diaryl/α,β-unsaturated/α-hetero) is 1. The van der Waals surface area contributed by atoms with Gasteiger partial charge in [0.15, 0.2) is 30.2 Å². The van der Waals surface area contributed by atoms with Gasteiger partial charge in [-0.05, 0) is 19.3 Å². The maximum absolute atomic E-state index is 15.3. The monoisotopic (exact) mass is 1130 g/mol. The van der Waals surface area contributed by atoms with Gasteiger partial charge in [0.1, 0.15) is 54.9 Å². The molecule has 2 amide bonds. The zero-order valence-corrected chi connectivity index (χ0v) is 49.1. The van der Waals surface area contributed by atoms with Gasteiger partial charge in [0.05, 0.1) is 31.9 Å². The second-order valence-corrected chi connectivity index (χ2v) is 23.2. The van der Waals surface area contributed by atoms with E-state index in [1.165, 1.54) is 96.3 Å². The number of aliphatic hydroxyl groups is 8. The average molecular weight is 1130 g/mol. The summed E-state index contributed by atoms with van der Waals surface area (Å²) in [5.41, 5.74) is 9.93. The molecule has 3 saturated heterocycles. The number of ether oxygens (including phenoxy) is 5. The van der Waals surface area contributed by atoms with Crippen LogP contribution in [0.15, 0.2) is 0 Å². The number of hydrogen-bond donors (Lipinski definition) is 10. The number of ketones is 1. The Bertz CT molecular complexity index is 1560. The highest BCUT2D eigenvalue weighted by atomic mass is 16.7. The summed E-state index contributed by atoms with van der Waals surface area (Å²) < 4.78 is 29.9. The highest BCUT2D eigenvalue weighted by Gasteiger charge is 2.66. The molecule has 0 aromatic heterocycles. The minimum atomic E-state index is -2.75. The van der Waals surface area contributed by atoms with Crippen LogP contribution in [0.25, 0.3) is 0 Å². The Balaban J connectivity index is 1.94. The van der Waals surface area contributed by atoms with Gasteiger partial charge < -0.3 is 76.0 Å². The molecule has 19 nitrogen and oxygen atoms in total. The molecule has 464 valence electrons. The van der Waals surface area contributed by atoms with Crippen molar-refractivity contribution in [1.82, 2.24) is 4.90 Å². The van der Waals surface area contributed by atoms with E-state index >= 15 is 4.79 Å². The number of amides is 2. The first kappa shape index (κ1) is 71.5. The van der Waals surface area contributed by atoms with Crippen molar-refractivity contribution in [1.29, 1.82) is 0 Å². The zero-order valence-electron chi connectivity index (χ0n) is 49.1. The minimum Gasteiger partial charge on any atom is -0.394 e. The number of nitrogens with zero attached hydrogens (tertiary/aromatic N) is 1. The Morgan fingerprint density at radius 3 is 1.11 bits per heavy atom. The maximum atomic E-state index is 15.3. The molecule has 0 spiro atoms. The lowest BCUT2D eigenvalue weighted by atomic mass is 9.76. The Morgan fingerprint density at radius 1 is 0.418 bits per heavy atom. The topological polar surface area (TPSA) is 314 Å². The highest BCUT2D eigenvalue weighted by Crippen LogP contribution is 2.41. The van der Waals surface area contributed by atoms with Crippen LogP contribution in [0.3, 0.4) is 0 Å². The van der Waals surface area contributed by atoms with Crippen molar-refractivity contribution in [2.75, 3.05) is 19.8 Å². The summed E-state index contributed by atoms with van der Waals surface area (Å²) in [4.78, 5) is 45.9. The first-order valence-corrected chi connectivity index (χ1v) is 31.6. The smallest absolute Gasteiger partial charge is 0.230 e. The van der Waals surface area contributed by atoms with Crippen LogP contribution in [0, 0.1) is 0 Å². The van der Waals surface area contributed by atoms with E-state index in [4.69, 9.17) is 35.2 Å². The summed E-state index contributed by atoms with van der Waals surface area (Å²) in [7, 11) is 0. The van der Waals surface area contributed by atoms with Crippen molar-refractivity contribution in [2.45, 2.75) is 343 Å². The normalized spacial score (nSPS) is 30.2. The molecule has 0 aliphatic carbocycles. The van der Waals surface area contributed by atoms with E-state index in [2.05, 4.69) is 20.8 Å². The molecule has 0 aromatic carbocycles. The second kappa shape index (κ2) is 41.3. The van der Waals surface area contributed by atoms with Crippen molar-refractivity contribution >= 4 is 17.6 Å². The molecular weight excluding hydrogens is 1020 g/mol. The van der Waals surface area contributed by atoms with E-state index in [9.17, 15) is 50.4 Å². The first-order chi connectivity index (χ1) is 38.2. The van der Waals surface area contributed by atoms with Crippen molar-refractivity contribution in [3.05, 3.63) is 0 Å². The molecular formula is C60H113N3O16. The molecule has 3 rings (SSSR count). The molecule has 1 unspecified atom stereocenters. The number of carbonyl (C=O) groups excluding carboxylic acids is 3. The Morgan fingerprint density at radius 2 is 0.734 bits per heavy atom. The zero-order chi connectivity index (χ0) is 58.0. The number of rotatable bonds is 45. The number of imide groups is 1. The quantitative estimate of drug-likeness (QED) is 0.0281. The molecule has 0 aromatic rings. The lowest BCUT2D eigenvalue weighted by molar-refractivity contribution is -0.356. The Hall–Kier alpha value is -1.79. The van der Waals surface area contributed by atoms with Crippen LogP contribution < -0.4 is 11.5 Å². The summed E-state index contributed by atoms with van der Waals surface area (Å²) in [5, 5.41) is 88.9. The number of hydrogen-bond acceptors (Lipinski definition) is 18. The lowest BCUT2D eigenvalue weighted by Gasteiger charge is -2.54. The van der Waals surface area contributed by atoms with E-state index < -0.39 is 129 Å². The predicted octanol–water partition coefficient (Wildman–Crippen LogP) is 6.77. The van der Waals surface area contributed by atoms with Crippen LogP contribution in [0.5, 0.6) is 0 Å². The van der Waals surface area contributed by atoms with Crippen LogP contribution in [0.1, 0.15) is 252 Å². The molecule has 0 radical (unpaired) electrons. The third-order valence-electron chi connectivity index (χ3n) is 16.7. The summed E-state index contributed by atoms with van der Waals surface area (Å²) in [6.07, 6.45) is 12.4. The van der Waals surface area contributed by atoms with E-state index in [0.717, 1.165) is 81.9 Å². The molecule has 3 fully saturated rings. The van der Waals surface area contributed by atoms with Crippen molar-refractivity contribution in [3.8, 4) is 0 Å². The molecule has 0 bridgehead atoms. The van der Waals surface area contributed by atoms with Crippen molar-refractivity contribution in [2.24, 2.45) is 11.5 Å². The fourth-order valence-corrected chi connectivity index (χ4v) is 11.6. The molecule has 3 aliphatic heterocycles. The van der Waals surface area contributed by atoms with E-state index in [1.54, 1.807) is 0 Å². The SMILES string of the molecule is CCCCCCCCCCCCCC(=O)N(C(=O)CCCCCCCCCCCCC)[C@@]1(C(=O)CCCCCCCCCCCCC)C(O)O[C@H](CO)[C@@H](O[C@@H]2O[C@H](CO)[C@@H](O[C@@H]3O[C@H](CO)[C@@H](O)[C@H](O)[C@H]3N)[C@H](O)[C@H]2N)[C@@H]1O. The van der Waals surface area contributed by atoms with Crippen LogP contribution in [0.2, 0.25) is 0 Å². The summed E-state index contributed by atoms with van der Waals surface area (Å²) in [6, 6.07) is -2.95. The lowest BCUT2D eigenvalue weighted by Crippen LogP contribution is -2.79. The molecule has 0 saturated carbocycles. The fraction of sp³-hybridized carbons (Fsp3) is 0.950. The summed E-state index contributed by atoms with van der Waals surface area (Å²) in [5.74, 6) is -2.34. The standard InChI is InChI=1S/C60H113N3O16/c1-4-7-10-13-16-19-22-25-28-31-34-37-46(67)60(63(47(68)38-35-32-29-26-23-20-17-14-11-8-5-2)48(69)39-36-33-30-27-24-21-18-15-12-9-6-3)56(73)55(45(42-66)77-59(60)74)79-58-50(62)53(72)54(44(41-65)76-58)78-57-49(61)52(71)51(70)43(40-64)75-57/h43-45,49-59,64-66,70-74H,4-42,61-62H2,1-3H3/t43-,44-,45-,49-,50-,51-,52-,53-,54-,55-,56+,57+,58+,59?,60-/m1/s1. The van der Waals surface area contributed by atoms with E-state index in [-0.39, 0.29) is 19.3 Å². The van der Waals surface area contributed by atoms with Gasteiger partial charge in [-0.15, -0.1) is 0 Å². The van der Waals surface area contributed by atoms with E-state index in [0.29, 0.717) is 38.5 Å². The van der Waals surface area contributed by atoms with Gasteiger partial charge in [-0.3, -0.25) is 19.3 Å². The molecule has 19 heteroatoms. The molecule has 15 atom stereocenters. The van der Waals surface area contributed by atoms with Crippen LogP contribution >= 0.6 is 0 Å². The number of aliphatic hydroxyl groups excluding tert-OH is 8. The van der Waals surface area contributed by atoms with Crippen LogP contribution in [0.4, 0.5) is 0 Å². The number of unbranched alkanes of at least 4 members (excludes halogenated alkanes) is 30. The second-order valence-electron chi connectivity index (χ2n) is 23.2. The van der Waals surface area contributed by atoms with Gasteiger partial charge in [-0.2, -0.15) is 0 Å². The maximum Gasteiger partial charge on any atom is 0.230 e. The third-order valence-corrected chi connectivity index (χ3v) is 16.7. The van der Waals surface area contributed by atoms with Crippen LogP contribution in [-0.4, -0.2) is 175 Å². The summed E-state index contributed by atoms with van der Waals surface area (Å²) >= 11 is 0. The van der Waals surface area contributed by atoms with Gasteiger partial charge in [0, 0.05) is 19.3 Å². The van der Waals surface area contributed by atoms with Gasteiger partial charge in [0.2, 0.25) is 11.8 Å².